The first-order chi connectivity index (χ1) is 15.9. The Morgan fingerprint density at radius 2 is 1.03 bits per heavy atom. The molecule has 0 aliphatic carbocycles. The van der Waals surface area contributed by atoms with E-state index in [2.05, 4.69) is 37.3 Å². The molecule has 3 aromatic heterocycles. The molecule has 0 fully saturated rings. The van der Waals surface area contributed by atoms with Gasteiger partial charge in [-0.2, -0.15) is 15.3 Å². The third kappa shape index (κ3) is 4.34. The molecule has 6 aromatic rings. The van der Waals surface area contributed by atoms with Gasteiger partial charge in [0, 0.05) is 41.8 Å². The molecule has 7 nitrogen and oxygen atoms in total. The number of rotatable bonds is 2. The highest BCUT2D eigenvalue weighted by Crippen LogP contribution is 2.27. The van der Waals surface area contributed by atoms with E-state index in [0.29, 0.717) is 0 Å². The maximum absolute atomic E-state index is 10.7. The Labute approximate surface area is 206 Å². The lowest BCUT2D eigenvalue weighted by Gasteiger charge is -2.12. The smallest absolute Gasteiger partial charge is 0.104 e. The summed E-state index contributed by atoms with van der Waals surface area (Å²) in [6.45, 7) is 0. The molecule has 0 aliphatic rings. The number of aromatic nitrogens is 6. The number of nitrogens with zero attached hydrogens (tertiary/aromatic N) is 6. The fourth-order valence-corrected chi connectivity index (χ4v) is 4.41. The highest BCUT2D eigenvalue weighted by atomic mass is 79.9. The average Bonchev–Trinajstić information content (AvgIpc) is 3.50. The standard InChI is InChI=1S/C17H16N4O.C8H7BrN2.CH4/c1-20-15-5-3-11(7-13(15)9-18-20)17(22)12-4-6-16-14(8-12)10-19-21(16)2;1-11-8-3-2-7(9)4-6(8)5-10-11;/h3-10,17,22H,1-2H3;2-5H,1H3;1H4. The first-order valence-electron chi connectivity index (χ1n) is 10.5. The second-order valence-corrected chi connectivity index (χ2v) is 8.96. The molecule has 3 heterocycles. The van der Waals surface area contributed by atoms with Crippen molar-refractivity contribution in [3.63, 3.8) is 0 Å². The number of halogens is 1. The number of fused-ring (bicyclic) bond motifs is 3. The summed E-state index contributed by atoms with van der Waals surface area (Å²) in [5, 5.41) is 26.5. The van der Waals surface area contributed by atoms with Crippen molar-refractivity contribution in [1.82, 2.24) is 29.3 Å². The Morgan fingerprint density at radius 3 is 1.47 bits per heavy atom. The van der Waals surface area contributed by atoms with E-state index in [4.69, 9.17) is 0 Å². The predicted octanol–water partition coefficient (Wildman–Crippen LogP) is 5.51. The fourth-order valence-electron chi connectivity index (χ4n) is 4.03. The van der Waals surface area contributed by atoms with E-state index in [9.17, 15) is 5.11 Å². The summed E-state index contributed by atoms with van der Waals surface area (Å²) in [7, 11) is 5.76. The van der Waals surface area contributed by atoms with E-state index in [-0.39, 0.29) is 7.43 Å². The summed E-state index contributed by atoms with van der Waals surface area (Å²) in [6, 6.07) is 18.0. The van der Waals surface area contributed by atoms with Crippen molar-refractivity contribution in [1.29, 1.82) is 0 Å². The summed E-state index contributed by atoms with van der Waals surface area (Å²) in [5.74, 6) is 0. The number of hydrogen-bond acceptors (Lipinski definition) is 4. The minimum Gasteiger partial charge on any atom is -0.384 e. The molecule has 0 amide bonds. The van der Waals surface area contributed by atoms with Crippen molar-refractivity contribution in [3.05, 3.63) is 88.8 Å². The molecule has 34 heavy (non-hydrogen) atoms. The Hall–Kier alpha value is -3.49. The number of benzene rings is 3. The van der Waals surface area contributed by atoms with Crippen LogP contribution in [0.2, 0.25) is 0 Å². The lowest BCUT2D eigenvalue weighted by atomic mass is 9.99. The topological polar surface area (TPSA) is 73.7 Å². The molecular formula is C26H27BrN6O. The minimum absolute atomic E-state index is 0. The van der Waals surface area contributed by atoms with Gasteiger partial charge in [0.1, 0.15) is 6.10 Å². The summed E-state index contributed by atoms with van der Waals surface area (Å²) in [6.07, 6.45) is 4.83. The highest BCUT2D eigenvalue weighted by molar-refractivity contribution is 9.10. The first kappa shape index (κ1) is 23.7. The van der Waals surface area contributed by atoms with Gasteiger partial charge in [-0.1, -0.05) is 35.5 Å². The molecule has 0 spiro atoms. The van der Waals surface area contributed by atoms with Gasteiger partial charge < -0.3 is 5.11 Å². The van der Waals surface area contributed by atoms with Crippen LogP contribution in [0.4, 0.5) is 0 Å². The fraction of sp³-hybridized carbons (Fsp3) is 0.192. The molecule has 0 bridgehead atoms. The molecule has 6 rings (SSSR count). The summed E-state index contributed by atoms with van der Waals surface area (Å²) < 4.78 is 6.61. The lowest BCUT2D eigenvalue weighted by Crippen LogP contribution is -2.00. The van der Waals surface area contributed by atoms with Crippen LogP contribution in [-0.2, 0) is 21.1 Å². The van der Waals surface area contributed by atoms with Gasteiger partial charge in [-0.3, -0.25) is 14.0 Å². The van der Waals surface area contributed by atoms with Crippen LogP contribution < -0.4 is 0 Å². The second kappa shape index (κ2) is 9.40. The third-order valence-corrected chi connectivity index (χ3v) is 6.37. The molecule has 174 valence electrons. The zero-order valence-electron chi connectivity index (χ0n) is 18.5. The Balaban J connectivity index is 0.000000193. The van der Waals surface area contributed by atoms with Crippen LogP contribution in [0.25, 0.3) is 32.7 Å². The molecule has 0 saturated carbocycles. The normalized spacial score (nSPS) is 11.1. The van der Waals surface area contributed by atoms with Gasteiger partial charge in [0.2, 0.25) is 0 Å². The zero-order valence-corrected chi connectivity index (χ0v) is 20.1. The van der Waals surface area contributed by atoms with Gasteiger partial charge in [-0.15, -0.1) is 0 Å². The number of aliphatic hydroxyl groups is 1. The van der Waals surface area contributed by atoms with Gasteiger partial charge in [-0.05, 0) is 53.6 Å². The number of aliphatic hydroxyl groups excluding tert-OH is 1. The molecule has 0 aliphatic heterocycles. The van der Waals surface area contributed by atoms with E-state index in [1.807, 2.05) is 102 Å². The van der Waals surface area contributed by atoms with Crippen molar-refractivity contribution in [2.75, 3.05) is 0 Å². The van der Waals surface area contributed by atoms with Crippen LogP contribution in [0.3, 0.4) is 0 Å². The average molecular weight is 519 g/mol. The maximum Gasteiger partial charge on any atom is 0.104 e. The second-order valence-electron chi connectivity index (χ2n) is 8.05. The van der Waals surface area contributed by atoms with Crippen LogP contribution in [0, 0.1) is 0 Å². The molecular weight excluding hydrogens is 492 g/mol. The Kier molecular flexibility index (Phi) is 6.54. The quantitative estimate of drug-likeness (QED) is 0.327. The number of aryl methyl sites for hydroxylation is 3. The molecule has 0 radical (unpaired) electrons. The number of hydrogen-bond donors (Lipinski definition) is 1. The molecule has 8 heteroatoms. The van der Waals surface area contributed by atoms with Crippen molar-refractivity contribution in [2.24, 2.45) is 21.1 Å². The van der Waals surface area contributed by atoms with Crippen LogP contribution in [0.5, 0.6) is 0 Å². The summed E-state index contributed by atoms with van der Waals surface area (Å²) >= 11 is 3.40. The molecule has 0 unspecified atom stereocenters. The molecule has 0 atom stereocenters. The van der Waals surface area contributed by atoms with E-state index < -0.39 is 6.10 Å². The van der Waals surface area contributed by atoms with Crippen LogP contribution in [-0.4, -0.2) is 34.4 Å². The SMILES string of the molecule is C.Cn1ncc2cc(Br)ccc21.Cn1ncc2cc(C(O)c3ccc4c(cnn4C)c3)ccc21. The molecule has 3 aromatic carbocycles. The van der Waals surface area contributed by atoms with Crippen LogP contribution in [0.1, 0.15) is 24.7 Å². The monoisotopic (exact) mass is 518 g/mol. The largest absolute Gasteiger partial charge is 0.384 e. The lowest BCUT2D eigenvalue weighted by molar-refractivity contribution is 0.220. The van der Waals surface area contributed by atoms with Gasteiger partial charge in [0.25, 0.3) is 0 Å². The zero-order chi connectivity index (χ0) is 23.1. The van der Waals surface area contributed by atoms with Gasteiger partial charge in [0.15, 0.2) is 0 Å². The summed E-state index contributed by atoms with van der Waals surface area (Å²) in [5.41, 5.74) is 5.00. The third-order valence-electron chi connectivity index (χ3n) is 5.88. The van der Waals surface area contributed by atoms with Crippen molar-refractivity contribution < 1.29 is 5.11 Å². The highest BCUT2D eigenvalue weighted by Gasteiger charge is 2.13. The minimum atomic E-state index is -0.658. The van der Waals surface area contributed by atoms with Crippen LogP contribution >= 0.6 is 15.9 Å². The van der Waals surface area contributed by atoms with Crippen molar-refractivity contribution in [2.45, 2.75) is 13.5 Å². The summed E-state index contributed by atoms with van der Waals surface area (Å²) in [4.78, 5) is 0. The molecule has 0 saturated heterocycles. The van der Waals surface area contributed by atoms with Gasteiger partial charge >= 0.3 is 0 Å². The van der Waals surface area contributed by atoms with E-state index in [1.54, 1.807) is 0 Å². The maximum atomic E-state index is 10.7. The first-order valence-corrected chi connectivity index (χ1v) is 11.3. The Bertz CT molecular complexity index is 1520. The van der Waals surface area contributed by atoms with Crippen LogP contribution in [0.15, 0.2) is 77.7 Å². The Morgan fingerprint density at radius 1 is 0.647 bits per heavy atom. The van der Waals surface area contributed by atoms with Crippen molar-refractivity contribution >= 4 is 48.6 Å². The molecule has 1 N–H and O–H groups in total. The van der Waals surface area contributed by atoms with Crippen molar-refractivity contribution in [3.8, 4) is 0 Å². The van der Waals surface area contributed by atoms with E-state index in [1.165, 1.54) is 5.39 Å². The van der Waals surface area contributed by atoms with Gasteiger partial charge in [0.05, 0.1) is 35.1 Å². The van der Waals surface area contributed by atoms with Gasteiger partial charge in [-0.25, -0.2) is 0 Å². The predicted molar refractivity (Wildman–Crippen MR) is 141 cm³/mol. The van der Waals surface area contributed by atoms with E-state index in [0.717, 1.165) is 42.9 Å². The van der Waals surface area contributed by atoms with E-state index >= 15 is 0 Å².